The number of esters is 1. The van der Waals surface area contributed by atoms with Gasteiger partial charge in [0.15, 0.2) is 0 Å². The zero-order valence-electron chi connectivity index (χ0n) is 16.4. The van der Waals surface area contributed by atoms with Crippen molar-refractivity contribution in [3.8, 4) is 0 Å². The Balaban J connectivity index is 1.52. The number of rotatable bonds is 1. The van der Waals surface area contributed by atoms with Crippen LogP contribution in [0.25, 0.3) is 0 Å². The van der Waals surface area contributed by atoms with Crippen molar-refractivity contribution < 1.29 is 9.53 Å². The number of ether oxygens (including phenoxy) is 1. The fraction of sp³-hybridized carbons (Fsp3) is 0.875. The molecule has 8 aliphatic carbocycles. The maximum Gasteiger partial charge on any atom is 0.312 e. The topological polar surface area (TPSA) is 26.3 Å². The highest BCUT2D eigenvalue weighted by atomic mass is 16.5. The number of carbonyl (C=O) groups is 1. The van der Waals surface area contributed by atoms with Crippen LogP contribution in [-0.2, 0) is 9.53 Å². The van der Waals surface area contributed by atoms with Crippen molar-refractivity contribution in [1.82, 2.24) is 0 Å². The van der Waals surface area contributed by atoms with Crippen LogP contribution < -0.4 is 0 Å². The molecule has 0 heterocycles. The average Bonchev–Trinajstić information content (AvgIpc) is 3.36. The summed E-state index contributed by atoms with van der Waals surface area (Å²) in [6, 6.07) is 0. The lowest BCUT2D eigenvalue weighted by Gasteiger charge is -2.40. The Morgan fingerprint density at radius 1 is 0.962 bits per heavy atom. The van der Waals surface area contributed by atoms with Crippen LogP contribution >= 0.6 is 0 Å². The highest BCUT2D eigenvalue weighted by Gasteiger charge is 2.90. The third-order valence-electron chi connectivity index (χ3n) is 12.4. The summed E-state index contributed by atoms with van der Waals surface area (Å²) in [7, 11) is 1.65. The average molecular weight is 351 g/mol. The van der Waals surface area contributed by atoms with Gasteiger partial charge in [0.05, 0.1) is 12.5 Å². The Morgan fingerprint density at radius 3 is 2.46 bits per heavy atom. The molecule has 0 N–H and O–H groups in total. The predicted molar refractivity (Wildman–Crippen MR) is 96.7 cm³/mol. The molecule has 0 spiro atoms. The van der Waals surface area contributed by atoms with E-state index in [1.54, 1.807) is 7.11 Å². The van der Waals surface area contributed by atoms with Gasteiger partial charge >= 0.3 is 5.97 Å². The normalized spacial score (nSPS) is 71.7. The minimum absolute atomic E-state index is 0.148. The van der Waals surface area contributed by atoms with Crippen LogP contribution in [0.15, 0.2) is 11.1 Å². The molecule has 7 saturated carbocycles. The van der Waals surface area contributed by atoms with Crippen molar-refractivity contribution in [3.05, 3.63) is 11.1 Å². The molecule has 2 nitrogen and oxygen atoms in total. The van der Waals surface area contributed by atoms with Crippen molar-refractivity contribution in [1.29, 1.82) is 0 Å². The summed E-state index contributed by atoms with van der Waals surface area (Å²) in [6.45, 7) is 7.73. The lowest BCUT2D eigenvalue weighted by molar-refractivity contribution is -0.160. The van der Waals surface area contributed by atoms with Gasteiger partial charge in [-0.3, -0.25) is 4.79 Å². The minimum atomic E-state index is -0.198. The Kier molecular flexibility index (Phi) is 1.91. The van der Waals surface area contributed by atoms with Gasteiger partial charge < -0.3 is 4.74 Å². The van der Waals surface area contributed by atoms with Crippen LogP contribution in [0.3, 0.4) is 0 Å². The number of carbonyl (C=O) groups excluding carboxylic acids is 1. The van der Waals surface area contributed by atoms with Crippen molar-refractivity contribution in [3.63, 3.8) is 0 Å². The SMILES string of the molecule is COC(=O)[C@]1(C)[C@@H]2[C@@H]3CCC4=C5[C@]6(C)[C@H]([C@@H]43)[C@@H]2[C@@H]2[C@@H]6[C@@H]3[C@@H](CC[C@@]53C)[C@@H]21. The molecule has 8 rings (SSSR count). The molecule has 0 aromatic rings. The molecule has 0 unspecified atom stereocenters. The fourth-order valence-corrected chi connectivity index (χ4v) is 13.0. The van der Waals surface area contributed by atoms with Crippen LogP contribution in [0.5, 0.6) is 0 Å². The summed E-state index contributed by atoms with van der Waals surface area (Å²) < 4.78 is 5.54. The highest BCUT2D eigenvalue weighted by molar-refractivity contribution is 5.79. The van der Waals surface area contributed by atoms with Gasteiger partial charge in [-0.05, 0) is 103 Å². The zero-order valence-corrected chi connectivity index (χ0v) is 16.4. The summed E-state index contributed by atoms with van der Waals surface area (Å²) in [4.78, 5) is 13.3. The smallest absolute Gasteiger partial charge is 0.312 e. The van der Waals surface area contributed by atoms with Crippen LogP contribution in [-0.4, -0.2) is 13.1 Å². The second-order valence-corrected chi connectivity index (χ2v) is 12.1. The van der Waals surface area contributed by atoms with Crippen molar-refractivity contribution in [2.24, 2.45) is 75.4 Å². The minimum Gasteiger partial charge on any atom is -0.469 e. The Labute approximate surface area is 156 Å². The summed E-state index contributed by atoms with van der Waals surface area (Å²) in [5.41, 5.74) is 4.71. The van der Waals surface area contributed by atoms with Gasteiger partial charge in [-0.15, -0.1) is 0 Å². The van der Waals surface area contributed by atoms with Gasteiger partial charge in [0.25, 0.3) is 0 Å². The molecule has 0 aromatic heterocycles. The largest absolute Gasteiger partial charge is 0.469 e. The van der Waals surface area contributed by atoms with E-state index in [0.717, 1.165) is 47.3 Å². The molecule has 0 radical (unpaired) electrons. The summed E-state index contributed by atoms with van der Waals surface area (Å²) in [5.74, 6) is 8.12. The van der Waals surface area contributed by atoms with E-state index >= 15 is 0 Å². The molecule has 2 heteroatoms. The number of allylic oxidation sites excluding steroid dienone is 2. The lowest BCUT2D eigenvalue weighted by Crippen LogP contribution is -2.44. The fourth-order valence-electron chi connectivity index (χ4n) is 13.0. The summed E-state index contributed by atoms with van der Waals surface area (Å²) in [6.07, 6.45) is 5.48. The molecule has 0 aromatic carbocycles. The number of fused-ring (bicyclic) bond motifs is 3. The molecule has 0 saturated heterocycles. The monoisotopic (exact) mass is 350 g/mol. The van der Waals surface area contributed by atoms with Gasteiger partial charge in [-0.2, -0.15) is 0 Å². The number of methoxy groups -OCH3 is 1. The number of hydrogen-bond acceptors (Lipinski definition) is 2. The van der Waals surface area contributed by atoms with Crippen molar-refractivity contribution in [2.45, 2.75) is 46.5 Å². The van der Waals surface area contributed by atoms with Crippen LogP contribution in [0.4, 0.5) is 0 Å². The van der Waals surface area contributed by atoms with E-state index in [1.165, 1.54) is 25.7 Å². The lowest BCUT2D eigenvalue weighted by atomic mass is 9.63. The Morgan fingerprint density at radius 2 is 1.69 bits per heavy atom. The first-order chi connectivity index (χ1) is 12.4. The van der Waals surface area contributed by atoms with E-state index in [1.807, 2.05) is 11.1 Å². The van der Waals surface area contributed by atoms with E-state index < -0.39 is 0 Å². The third-order valence-corrected chi connectivity index (χ3v) is 12.4. The first kappa shape index (κ1) is 14.2. The van der Waals surface area contributed by atoms with E-state index in [-0.39, 0.29) is 11.4 Å². The van der Waals surface area contributed by atoms with Crippen LogP contribution in [0.1, 0.15) is 46.5 Å². The molecule has 8 aliphatic rings. The van der Waals surface area contributed by atoms with Crippen LogP contribution in [0.2, 0.25) is 0 Å². The Bertz CT molecular complexity index is 856. The highest BCUT2D eigenvalue weighted by Crippen LogP contribution is 2.94. The second kappa shape index (κ2) is 3.48. The molecule has 0 bridgehead atoms. The van der Waals surface area contributed by atoms with Gasteiger partial charge in [0.1, 0.15) is 0 Å². The zero-order chi connectivity index (χ0) is 17.5. The summed E-state index contributed by atoms with van der Waals surface area (Å²) >= 11 is 0. The van der Waals surface area contributed by atoms with Crippen LogP contribution in [0, 0.1) is 75.4 Å². The maximum absolute atomic E-state index is 13.3. The van der Waals surface area contributed by atoms with E-state index in [9.17, 15) is 4.79 Å². The third kappa shape index (κ3) is 0.909. The quantitative estimate of drug-likeness (QED) is 0.520. The van der Waals surface area contributed by atoms with Gasteiger partial charge in [0, 0.05) is 0 Å². The molecule has 138 valence electrons. The van der Waals surface area contributed by atoms with Gasteiger partial charge in [-0.1, -0.05) is 25.0 Å². The predicted octanol–water partition coefficient (Wildman–Crippen LogP) is 4.31. The van der Waals surface area contributed by atoms with E-state index in [2.05, 4.69) is 20.8 Å². The van der Waals surface area contributed by atoms with Crippen molar-refractivity contribution >= 4 is 5.97 Å². The first-order valence-electron chi connectivity index (χ1n) is 11.2. The molecular formula is C24H30O2. The Hall–Kier alpha value is -0.790. The van der Waals surface area contributed by atoms with Gasteiger partial charge in [-0.25, -0.2) is 0 Å². The molecule has 0 amide bonds. The molecule has 0 aliphatic heterocycles. The molecule has 13 atom stereocenters. The van der Waals surface area contributed by atoms with E-state index in [0.29, 0.717) is 22.7 Å². The van der Waals surface area contributed by atoms with Gasteiger partial charge in [0.2, 0.25) is 0 Å². The summed E-state index contributed by atoms with van der Waals surface area (Å²) in [5, 5.41) is 0. The maximum atomic E-state index is 13.3. The molecule has 26 heavy (non-hydrogen) atoms. The van der Waals surface area contributed by atoms with Crippen molar-refractivity contribution in [2.75, 3.05) is 7.11 Å². The first-order valence-corrected chi connectivity index (χ1v) is 11.2. The second-order valence-electron chi connectivity index (χ2n) is 12.1. The number of hydrogen-bond donors (Lipinski definition) is 0. The molecular weight excluding hydrogens is 320 g/mol. The van der Waals surface area contributed by atoms with E-state index in [4.69, 9.17) is 4.74 Å². The standard InChI is InChI=1S/C24H30O2/c1-22-8-7-11-16-14-13-15(24(16,3)21(25)26-4)9-5-6-10-12(9)18(13)23(2,20(10)22)19(14)17(11)22/h9,11-19H,5-8H2,1-4H3/t9-,11+,12-,13-,14+,15-,16+,17+,18-,19-,22-,23-,24-/m1/s1. The molecule has 7 fully saturated rings.